The Bertz CT molecular complexity index is 561. The number of aromatic nitrogens is 2. The molecule has 0 amide bonds. The van der Waals surface area contributed by atoms with Crippen molar-refractivity contribution in [3.05, 3.63) is 47.7 Å². The Labute approximate surface area is 104 Å². The Morgan fingerprint density at radius 2 is 2.00 bits per heavy atom. The van der Waals surface area contributed by atoms with Crippen LogP contribution in [0.2, 0.25) is 0 Å². The summed E-state index contributed by atoms with van der Waals surface area (Å²) in [4.78, 5) is 0. The van der Waals surface area contributed by atoms with Crippen LogP contribution in [0.5, 0.6) is 11.6 Å². The van der Waals surface area contributed by atoms with Gasteiger partial charge in [-0.25, -0.2) is 0 Å². The van der Waals surface area contributed by atoms with E-state index in [1.165, 1.54) is 6.20 Å². The molecule has 90 valence electrons. The first-order chi connectivity index (χ1) is 8.83. The van der Waals surface area contributed by atoms with Gasteiger partial charge < -0.3 is 9.84 Å². The molecular weight excluding hydrogens is 230 g/mol. The number of ether oxygens (including phenoxy) is 1. The van der Waals surface area contributed by atoms with Crippen molar-refractivity contribution in [2.45, 2.75) is 6.42 Å². The van der Waals surface area contributed by atoms with Crippen LogP contribution in [0.4, 0.5) is 0 Å². The molecule has 18 heavy (non-hydrogen) atoms. The van der Waals surface area contributed by atoms with Crippen molar-refractivity contribution in [1.82, 2.24) is 10.2 Å². The van der Waals surface area contributed by atoms with Gasteiger partial charge in [0.15, 0.2) is 0 Å². The number of hydrogen-bond acceptors (Lipinski definition) is 5. The molecule has 0 saturated carbocycles. The molecule has 5 heteroatoms. The van der Waals surface area contributed by atoms with Crippen molar-refractivity contribution in [2.24, 2.45) is 0 Å². The summed E-state index contributed by atoms with van der Waals surface area (Å²) in [5.41, 5.74) is 1.36. The minimum absolute atomic E-state index is 0.114. The molecule has 0 unspecified atom stereocenters. The van der Waals surface area contributed by atoms with Gasteiger partial charge in [0.05, 0.1) is 6.20 Å². The van der Waals surface area contributed by atoms with Gasteiger partial charge in [0.1, 0.15) is 17.4 Å². The molecule has 0 aliphatic heterocycles. The van der Waals surface area contributed by atoms with E-state index in [1.807, 2.05) is 18.2 Å². The molecule has 0 bridgehead atoms. The first kappa shape index (κ1) is 12.0. The van der Waals surface area contributed by atoms with Gasteiger partial charge in [0.2, 0.25) is 0 Å². The van der Waals surface area contributed by atoms with E-state index in [4.69, 9.17) is 15.1 Å². The molecule has 0 aliphatic carbocycles. The van der Waals surface area contributed by atoms with Crippen LogP contribution in [0.1, 0.15) is 11.1 Å². The highest BCUT2D eigenvalue weighted by molar-refractivity contribution is 5.39. The van der Waals surface area contributed by atoms with Gasteiger partial charge in [-0.05, 0) is 30.2 Å². The molecule has 0 radical (unpaired) electrons. The molecule has 1 aromatic carbocycles. The molecule has 2 rings (SSSR count). The Hall–Kier alpha value is -2.45. The molecule has 0 saturated heterocycles. The van der Waals surface area contributed by atoms with Crippen LogP contribution >= 0.6 is 0 Å². The van der Waals surface area contributed by atoms with Gasteiger partial charge in [-0.2, -0.15) is 10.4 Å². The van der Waals surface area contributed by atoms with Crippen molar-refractivity contribution in [2.75, 3.05) is 6.61 Å². The standard InChI is InChI=1S/C13H11N3O2/c14-9-11-5-7-15-16-13(11)18-12-3-1-10(2-4-12)6-8-17/h1-5,7,17H,6,8H2. The van der Waals surface area contributed by atoms with Crippen LogP contribution in [-0.4, -0.2) is 21.9 Å². The van der Waals surface area contributed by atoms with E-state index < -0.39 is 0 Å². The quantitative estimate of drug-likeness (QED) is 0.880. The fourth-order valence-corrected chi connectivity index (χ4v) is 1.44. The van der Waals surface area contributed by atoms with E-state index in [0.29, 0.717) is 17.7 Å². The summed E-state index contributed by atoms with van der Waals surface area (Å²) in [6, 6.07) is 10.8. The predicted molar refractivity (Wildman–Crippen MR) is 64.1 cm³/mol. The zero-order valence-electron chi connectivity index (χ0n) is 9.58. The maximum atomic E-state index is 8.88. The highest BCUT2D eigenvalue weighted by atomic mass is 16.5. The van der Waals surface area contributed by atoms with E-state index in [9.17, 15) is 0 Å². The second kappa shape index (κ2) is 5.75. The number of nitrogens with zero attached hydrogens (tertiary/aromatic N) is 3. The van der Waals surface area contributed by atoms with Crippen LogP contribution in [-0.2, 0) is 6.42 Å². The lowest BCUT2D eigenvalue weighted by Gasteiger charge is -2.05. The van der Waals surface area contributed by atoms with Gasteiger partial charge >= 0.3 is 0 Å². The normalized spacial score (nSPS) is 9.78. The third-order valence-electron chi connectivity index (χ3n) is 2.35. The Kier molecular flexibility index (Phi) is 3.84. The molecule has 1 aromatic heterocycles. The fourth-order valence-electron chi connectivity index (χ4n) is 1.44. The zero-order valence-corrected chi connectivity index (χ0v) is 9.58. The second-order valence-electron chi connectivity index (χ2n) is 3.58. The summed E-state index contributed by atoms with van der Waals surface area (Å²) in [6.45, 7) is 0.114. The van der Waals surface area contributed by atoms with Crippen molar-refractivity contribution < 1.29 is 9.84 Å². The highest BCUT2D eigenvalue weighted by Gasteiger charge is 2.05. The Morgan fingerprint density at radius 1 is 1.22 bits per heavy atom. The van der Waals surface area contributed by atoms with Gasteiger partial charge in [-0.1, -0.05) is 12.1 Å². The van der Waals surface area contributed by atoms with Crippen LogP contribution in [0, 0.1) is 11.3 Å². The van der Waals surface area contributed by atoms with Crippen molar-refractivity contribution >= 4 is 0 Å². The minimum atomic E-state index is 0.114. The smallest absolute Gasteiger partial charge is 0.256 e. The maximum Gasteiger partial charge on any atom is 0.256 e. The minimum Gasteiger partial charge on any atom is -0.437 e. The molecule has 0 atom stereocenters. The number of aliphatic hydroxyl groups excluding tert-OH is 1. The van der Waals surface area contributed by atoms with Crippen molar-refractivity contribution in [1.29, 1.82) is 5.26 Å². The Morgan fingerprint density at radius 3 is 2.67 bits per heavy atom. The van der Waals surface area contributed by atoms with Crippen molar-refractivity contribution in [3.8, 4) is 17.7 Å². The average molecular weight is 241 g/mol. The van der Waals surface area contributed by atoms with Gasteiger partial charge in [0.25, 0.3) is 5.88 Å². The van der Waals surface area contributed by atoms with Crippen LogP contribution in [0.15, 0.2) is 36.5 Å². The zero-order chi connectivity index (χ0) is 12.8. The van der Waals surface area contributed by atoms with Crippen LogP contribution in [0.3, 0.4) is 0 Å². The van der Waals surface area contributed by atoms with Crippen LogP contribution < -0.4 is 4.74 Å². The summed E-state index contributed by atoms with van der Waals surface area (Å²) in [5.74, 6) is 0.767. The lowest BCUT2D eigenvalue weighted by molar-refractivity contribution is 0.299. The summed E-state index contributed by atoms with van der Waals surface area (Å²) in [7, 11) is 0. The third-order valence-corrected chi connectivity index (χ3v) is 2.35. The predicted octanol–water partition coefficient (Wildman–Crippen LogP) is 1.68. The number of benzene rings is 1. The summed E-state index contributed by atoms with van der Waals surface area (Å²) in [6.07, 6.45) is 2.05. The topological polar surface area (TPSA) is 79.0 Å². The lowest BCUT2D eigenvalue weighted by Crippen LogP contribution is -1.94. The molecule has 0 fully saturated rings. The number of aliphatic hydroxyl groups is 1. The second-order valence-corrected chi connectivity index (χ2v) is 3.58. The summed E-state index contributed by atoms with van der Waals surface area (Å²) in [5, 5.41) is 25.1. The largest absolute Gasteiger partial charge is 0.437 e. The van der Waals surface area contributed by atoms with E-state index in [1.54, 1.807) is 18.2 Å². The monoisotopic (exact) mass is 241 g/mol. The first-order valence-electron chi connectivity index (χ1n) is 5.43. The maximum absolute atomic E-state index is 8.88. The lowest BCUT2D eigenvalue weighted by atomic mass is 10.1. The molecule has 2 aromatic rings. The molecular formula is C13H11N3O2. The number of hydrogen-bond donors (Lipinski definition) is 1. The van der Waals surface area contributed by atoms with E-state index in [-0.39, 0.29) is 12.5 Å². The summed E-state index contributed by atoms with van der Waals surface area (Å²) < 4.78 is 5.47. The highest BCUT2D eigenvalue weighted by Crippen LogP contribution is 2.22. The first-order valence-corrected chi connectivity index (χ1v) is 5.43. The molecule has 0 aliphatic rings. The molecule has 1 heterocycles. The van der Waals surface area contributed by atoms with Crippen molar-refractivity contribution in [3.63, 3.8) is 0 Å². The fraction of sp³-hybridized carbons (Fsp3) is 0.154. The van der Waals surface area contributed by atoms with Gasteiger partial charge in [-0.3, -0.25) is 0 Å². The van der Waals surface area contributed by atoms with E-state index in [0.717, 1.165) is 5.56 Å². The molecule has 0 spiro atoms. The van der Waals surface area contributed by atoms with Gasteiger partial charge in [0, 0.05) is 6.61 Å². The average Bonchev–Trinajstić information content (AvgIpc) is 2.42. The Balaban J connectivity index is 2.16. The molecule has 1 N–H and O–H groups in total. The molecule has 5 nitrogen and oxygen atoms in total. The number of nitriles is 1. The number of rotatable bonds is 4. The van der Waals surface area contributed by atoms with E-state index in [2.05, 4.69) is 10.2 Å². The van der Waals surface area contributed by atoms with Gasteiger partial charge in [-0.15, -0.1) is 5.10 Å². The third kappa shape index (κ3) is 2.81. The van der Waals surface area contributed by atoms with E-state index >= 15 is 0 Å². The SMILES string of the molecule is N#Cc1ccnnc1Oc1ccc(CCO)cc1. The summed E-state index contributed by atoms with van der Waals surface area (Å²) >= 11 is 0. The van der Waals surface area contributed by atoms with Crippen LogP contribution in [0.25, 0.3) is 0 Å².